The first-order chi connectivity index (χ1) is 13.3. The molecule has 3 aromatic rings. The minimum absolute atomic E-state index is 0.0139. The van der Waals surface area contributed by atoms with Crippen molar-refractivity contribution in [3.63, 3.8) is 0 Å². The monoisotopic (exact) mass is 398 g/mol. The Kier molecular flexibility index (Phi) is 5.74. The molecule has 0 aliphatic rings. The minimum atomic E-state index is -0.524. The lowest BCUT2D eigenvalue weighted by atomic mass is 10.1. The molecule has 0 aliphatic heterocycles. The minimum Gasteiger partial charge on any atom is -0.411 e. The molecular weight excluding hydrogens is 380 g/mol. The number of carbonyl (C=O) groups is 1. The molecule has 1 heterocycles. The highest BCUT2D eigenvalue weighted by atomic mass is 32.2. The largest absolute Gasteiger partial charge is 0.411 e. The predicted octanol–water partition coefficient (Wildman–Crippen LogP) is 4.30. The molecule has 0 bridgehead atoms. The molecule has 1 N–H and O–H groups in total. The van der Waals surface area contributed by atoms with E-state index in [2.05, 4.69) is 15.5 Å². The first-order valence-corrected chi connectivity index (χ1v) is 9.41. The summed E-state index contributed by atoms with van der Waals surface area (Å²) < 4.78 is 5.62. The van der Waals surface area contributed by atoms with Gasteiger partial charge in [-0.3, -0.25) is 14.9 Å². The Morgan fingerprint density at radius 1 is 1.18 bits per heavy atom. The van der Waals surface area contributed by atoms with Crippen LogP contribution in [0.15, 0.2) is 46.0 Å². The van der Waals surface area contributed by atoms with Crippen LogP contribution in [-0.2, 0) is 4.79 Å². The molecular formula is C19H18N4O4S. The van der Waals surface area contributed by atoms with Crippen LogP contribution < -0.4 is 5.32 Å². The number of nitrogens with one attached hydrogen (secondary N) is 1. The number of nitro benzene ring substituents is 1. The number of amides is 1. The van der Waals surface area contributed by atoms with Crippen LogP contribution >= 0.6 is 11.8 Å². The Balaban J connectivity index is 1.66. The molecule has 144 valence electrons. The molecule has 0 fully saturated rings. The summed E-state index contributed by atoms with van der Waals surface area (Å²) in [5, 5.41) is 22.0. The lowest BCUT2D eigenvalue weighted by Crippen LogP contribution is -2.16. The second-order valence-electron chi connectivity index (χ2n) is 6.31. The Bertz CT molecular complexity index is 1030. The summed E-state index contributed by atoms with van der Waals surface area (Å²) in [6.07, 6.45) is 0. The molecule has 28 heavy (non-hydrogen) atoms. The Morgan fingerprint density at radius 2 is 1.89 bits per heavy atom. The van der Waals surface area contributed by atoms with Crippen LogP contribution in [0.5, 0.6) is 0 Å². The van der Waals surface area contributed by atoms with Crippen LogP contribution in [0.1, 0.15) is 16.7 Å². The number of thioether (sulfide) groups is 1. The maximum absolute atomic E-state index is 12.2. The smallest absolute Gasteiger partial charge is 0.293 e. The van der Waals surface area contributed by atoms with E-state index in [1.54, 1.807) is 19.1 Å². The van der Waals surface area contributed by atoms with Gasteiger partial charge in [0.15, 0.2) is 0 Å². The zero-order valence-corrected chi connectivity index (χ0v) is 16.4. The fourth-order valence-corrected chi connectivity index (χ4v) is 3.32. The number of rotatable bonds is 6. The van der Waals surface area contributed by atoms with Crippen LogP contribution in [0.2, 0.25) is 0 Å². The maximum atomic E-state index is 12.2. The van der Waals surface area contributed by atoms with E-state index in [4.69, 9.17) is 4.42 Å². The number of nitrogens with zero attached hydrogens (tertiary/aromatic N) is 3. The highest BCUT2D eigenvalue weighted by molar-refractivity contribution is 7.99. The van der Waals surface area contributed by atoms with Crippen molar-refractivity contribution in [3.05, 3.63) is 63.2 Å². The fraction of sp³-hybridized carbons (Fsp3) is 0.211. The van der Waals surface area contributed by atoms with E-state index in [-0.39, 0.29) is 22.4 Å². The molecule has 2 aromatic carbocycles. The SMILES string of the molecule is Cc1cc(C)cc(-c2nnc(SCC(=O)Nc3c(C)cccc3[N+](=O)[O-])o2)c1. The van der Waals surface area contributed by atoms with E-state index >= 15 is 0 Å². The molecule has 0 radical (unpaired) electrons. The van der Waals surface area contributed by atoms with Crippen molar-refractivity contribution >= 4 is 29.0 Å². The summed E-state index contributed by atoms with van der Waals surface area (Å²) in [5.41, 5.74) is 3.65. The number of benzene rings is 2. The molecule has 0 aliphatic carbocycles. The van der Waals surface area contributed by atoms with Gasteiger partial charge in [0, 0.05) is 11.6 Å². The van der Waals surface area contributed by atoms with Gasteiger partial charge < -0.3 is 9.73 Å². The summed E-state index contributed by atoms with van der Waals surface area (Å²) in [6.45, 7) is 5.67. The second kappa shape index (κ2) is 8.22. The Hall–Kier alpha value is -3.20. The van der Waals surface area contributed by atoms with E-state index in [1.807, 2.05) is 32.0 Å². The maximum Gasteiger partial charge on any atom is 0.293 e. The molecule has 9 heteroatoms. The topological polar surface area (TPSA) is 111 Å². The van der Waals surface area contributed by atoms with Crippen LogP contribution in [0.4, 0.5) is 11.4 Å². The molecule has 1 amide bonds. The summed E-state index contributed by atoms with van der Waals surface area (Å²) in [6, 6.07) is 10.6. The van der Waals surface area contributed by atoms with E-state index in [1.165, 1.54) is 6.07 Å². The van der Waals surface area contributed by atoms with Gasteiger partial charge in [-0.2, -0.15) is 0 Å². The third-order valence-corrected chi connectivity index (χ3v) is 4.73. The van der Waals surface area contributed by atoms with Gasteiger partial charge in [0.05, 0.1) is 10.7 Å². The van der Waals surface area contributed by atoms with Gasteiger partial charge in [-0.1, -0.05) is 41.1 Å². The zero-order chi connectivity index (χ0) is 20.3. The van der Waals surface area contributed by atoms with Gasteiger partial charge in [0.25, 0.3) is 10.9 Å². The van der Waals surface area contributed by atoms with Crippen LogP contribution in [0, 0.1) is 30.9 Å². The number of para-hydroxylation sites is 1. The standard InChI is InChI=1S/C19H18N4O4S/c1-11-7-12(2)9-14(8-11)18-21-22-19(27-18)28-10-16(24)20-17-13(3)5-4-6-15(17)23(25)26/h4-9H,10H2,1-3H3,(H,20,24). The quantitative estimate of drug-likeness (QED) is 0.374. The summed E-state index contributed by atoms with van der Waals surface area (Å²) in [7, 11) is 0. The van der Waals surface area contributed by atoms with Gasteiger partial charge in [-0.15, -0.1) is 10.2 Å². The highest BCUT2D eigenvalue weighted by Crippen LogP contribution is 2.29. The molecule has 0 unspecified atom stereocenters. The average Bonchev–Trinajstić information content (AvgIpc) is 3.10. The molecule has 0 spiro atoms. The third kappa shape index (κ3) is 4.55. The Morgan fingerprint density at radius 3 is 2.57 bits per heavy atom. The third-order valence-electron chi connectivity index (χ3n) is 3.91. The number of aromatic nitrogens is 2. The normalized spacial score (nSPS) is 10.7. The fourth-order valence-electron chi connectivity index (χ4n) is 2.75. The first kappa shape index (κ1) is 19.6. The molecule has 8 nitrogen and oxygen atoms in total. The van der Waals surface area contributed by atoms with Gasteiger partial charge in [-0.25, -0.2) is 0 Å². The summed E-state index contributed by atoms with van der Waals surface area (Å²) in [4.78, 5) is 22.8. The van der Waals surface area contributed by atoms with Crippen molar-refractivity contribution < 1.29 is 14.1 Å². The van der Waals surface area contributed by atoms with E-state index < -0.39 is 10.8 Å². The van der Waals surface area contributed by atoms with E-state index in [9.17, 15) is 14.9 Å². The number of hydrogen-bond acceptors (Lipinski definition) is 7. The van der Waals surface area contributed by atoms with Gasteiger partial charge in [0.1, 0.15) is 5.69 Å². The van der Waals surface area contributed by atoms with Gasteiger partial charge in [0.2, 0.25) is 11.8 Å². The molecule has 1 aromatic heterocycles. The van der Waals surface area contributed by atoms with Crippen LogP contribution in [0.3, 0.4) is 0 Å². The van der Waals surface area contributed by atoms with Crippen molar-refractivity contribution in [1.29, 1.82) is 0 Å². The van der Waals surface area contributed by atoms with Crippen molar-refractivity contribution in [3.8, 4) is 11.5 Å². The van der Waals surface area contributed by atoms with Gasteiger partial charge >= 0.3 is 0 Å². The highest BCUT2D eigenvalue weighted by Gasteiger charge is 2.18. The summed E-state index contributed by atoms with van der Waals surface area (Å²) >= 11 is 1.07. The number of nitro groups is 1. The molecule has 0 saturated heterocycles. The lowest BCUT2D eigenvalue weighted by Gasteiger charge is -2.08. The van der Waals surface area contributed by atoms with Crippen molar-refractivity contribution in [1.82, 2.24) is 10.2 Å². The molecule has 0 atom stereocenters. The second-order valence-corrected chi connectivity index (χ2v) is 7.24. The van der Waals surface area contributed by atoms with Crippen LogP contribution in [-0.4, -0.2) is 26.8 Å². The van der Waals surface area contributed by atoms with Crippen molar-refractivity contribution in [2.24, 2.45) is 0 Å². The molecule has 3 rings (SSSR count). The van der Waals surface area contributed by atoms with E-state index in [0.717, 1.165) is 28.5 Å². The van der Waals surface area contributed by atoms with Gasteiger partial charge in [-0.05, 0) is 38.5 Å². The first-order valence-electron chi connectivity index (χ1n) is 8.42. The lowest BCUT2D eigenvalue weighted by molar-refractivity contribution is -0.384. The average molecular weight is 398 g/mol. The number of aryl methyl sites for hydroxylation is 3. The number of anilines is 1. The Labute approximate surface area is 165 Å². The number of hydrogen-bond donors (Lipinski definition) is 1. The van der Waals surface area contributed by atoms with Crippen molar-refractivity contribution in [2.75, 3.05) is 11.1 Å². The number of carbonyl (C=O) groups excluding carboxylic acids is 1. The summed E-state index contributed by atoms with van der Waals surface area (Å²) in [5.74, 6) is -0.0298. The van der Waals surface area contributed by atoms with Crippen molar-refractivity contribution in [2.45, 2.75) is 26.0 Å². The van der Waals surface area contributed by atoms with E-state index in [0.29, 0.717) is 11.5 Å². The van der Waals surface area contributed by atoms with Crippen LogP contribution in [0.25, 0.3) is 11.5 Å². The predicted molar refractivity (Wildman–Crippen MR) is 106 cm³/mol. The zero-order valence-electron chi connectivity index (χ0n) is 15.6. The molecule has 0 saturated carbocycles.